The normalized spacial score (nSPS) is 44.2. The van der Waals surface area contributed by atoms with Gasteiger partial charge in [-0.3, -0.25) is 9.59 Å². The van der Waals surface area contributed by atoms with Crippen LogP contribution in [-0.2, 0) is 57.0 Å². The molecule has 416 valence electrons. The summed E-state index contributed by atoms with van der Waals surface area (Å²) in [6, 6.07) is 0. The highest BCUT2D eigenvalue weighted by molar-refractivity contribution is 5.78. The molecule has 5 aliphatic heterocycles. The predicted molar refractivity (Wildman–Crippen MR) is 235 cm³/mol. The molecule has 0 aromatic heterocycles. The molecule has 15 N–H and O–H groups in total. The second kappa shape index (κ2) is 28.9. The molecule has 0 saturated carbocycles. The van der Waals surface area contributed by atoms with Crippen LogP contribution in [0.2, 0.25) is 0 Å². The van der Waals surface area contributed by atoms with Crippen LogP contribution in [0.4, 0.5) is 0 Å². The number of aliphatic hydroxyl groups excluding tert-OH is 14. The number of carbonyl (C=O) groups excluding carboxylic acids is 2. The van der Waals surface area contributed by atoms with Crippen molar-refractivity contribution in [1.29, 1.82) is 0 Å². The van der Waals surface area contributed by atoms with E-state index in [-0.39, 0.29) is 25.7 Å². The lowest BCUT2D eigenvalue weighted by atomic mass is 9.95. The number of ketones is 1. The molecule has 25 atom stereocenters. The van der Waals surface area contributed by atoms with Gasteiger partial charge in [-0.15, -0.1) is 0 Å². The van der Waals surface area contributed by atoms with Gasteiger partial charge < -0.3 is 124 Å². The maximum absolute atomic E-state index is 12.3. The molecular weight excluding hydrogens is 958 g/mol. The summed E-state index contributed by atoms with van der Waals surface area (Å²) in [5, 5.41) is 153. The fraction of sp³-hybridized carbons (Fsp3) is 0.955. The van der Waals surface area contributed by atoms with E-state index in [9.17, 15) is 81.1 Å². The molecule has 0 aliphatic carbocycles. The average molecular weight is 1040 g/mol. The molecule has 1 amide bonds. The molecule has 5 aliphatic rings. The van der Waals surface area contributed by atoms with Crippen LogP contribution in [0.3, 0.4) is 0 Å². The maximum atomic E-state index is 12.3. The minimum Gasteiger partial charge on any atom is -0.394 e. The van der Waals surface area contributed by atoms with E-state index < -0.39 is 173 Å². The molecule has 0 radical (unpaired) electrons. The molecule has 27 heteroatoms. The first-order valence-corrected chi connectivity index (χ1v) is 23.8. The van der Waals surface area contributed by atoms with Crippen molar-refractivity contribution < 1.29 is 128 Å². The molecule has 27 nitrogen and oxygen atoms in total. The number of aliphatic hydroxyl groups is 14. The van der Waals surface area contributed by atoms with E-state index in [1.807, 2.05) is 0 Å². The zero-order chi connectivity index (χ0) is 51.6. The lowest BCUT2D eigenvalue weighted by molar-refractivity contribution is -0.406. The number of hydrogen-bond donors (Lipinski definition) is 15. The van der Waals surface area contributed by atoms with Crippen molar-refractivity contribution >= 4 is 11.7 Å². The fourth-order valence-corrected chi connectivity index (χ4v) is 8.84. The number of amides is 1. The number of nitrogens with one attached hydrogen (secondary N) is 1. The first kappa shape index (κ1) is 61.7. The molecule has 0 aromatic rings. The van der Waals surface area contributed by atoms with Crippen molar-refractivity contribution in [1.82, 2.24) is 5.32 Å². The summed E-state index contributed by atoms with van der Waals surface area (Å²) in [5.74, 6) is -0.00200. The van der Waals surface area contributed by atoms with Gasteiger partial charge in [0.05, 0.1) is 32.0 Å². The zero-order valence-corrected chi connectivity index (χ0v) is 39.3. The number of unbranched alkanes of at least 4 members (excludes halogenated alkanes) is 4. The van der Waals surface area contributed by atoms with Crippen LogP contribution < -0.4 is 5.32 Å². The van der Waals surface area contributed by atoms with Gasteiger partial charge in [-0.2, -0.15) is 0 Å². The van der Waals surface area contributed by atoms with Gasteiger partial charge in [0.15, 0.2) is 31.5 Å². The van der Waals surface area contributed by atoms with E-state index in [1.165, 1.54) is 13.8 Å². The summed E-state index contributed by atoms with van der Waals surface area (Å²) >= 11 is 0. The molecule has 5 saturated heterocycles. The Balaban J connectivity index is 0.0000110. The van der Waals surface area contributed by atoms with Crippen LogP contribution >= 0.6 is 0 Å². The Morgan fingerprint density at radius 3 is 1.39 bits per heavy atom. The van der Waals surface area contributed by atoms with Crippen molar-refractivity contribution in [3.8, 4) is 0 Å². The minimum absolute atomic E-state index is 0. The summed E-state index contributed by atoms with van der Waals surface area (Å²) in [6.45, 7) is -0.00464. The number of ether oxygens (including phenoxy) is 10. The van der Waals surface area contributed by atoms with Gasteiger partial charge in [-0.25, -0.2) is 0 Å². The molecular formula is C44H79NO26. The molecule has 5 heterocycles. The third kappa shape index (κ3) is 15.4. The van der Waals surface area contributed by atoms with Crippen molar-refractivity contribution in [3.05, 3.63) is 0 Å². The summed E-state index contributed by atoms with van der Waals surface area (Å²) in [5.41, 5.74) is 0. The molecule has 5 fully saturated rings. The smallest absolute Gasteiger partial charge is 0.219 e. The van der Waals surface area contributed by atoms with Gasteiger partial charge in [0, 0.05) is 32.9 Å². The lowest BCUT2D eigenvalue weighted by Gasteiger charge is -2.50. The highest BCUT2D eigenvalue weighted by Crippen LogP contribution is 2.37. The number of rotatable bonds is 24. The largest absolute Gasteiger partial charge is 0.394 e. The van der Waals surface area contributed by atoms with E-state index in [2.05, 4.69) is 5.32 Å². The molecule has 71 heavy (non-hydrogen) atoms. The number of carbonyl (C=O) groups is 2. The second-order valence-corrected chi connectivity index (χ2v) is 18.3. The molecule has 0 aromatic carbocycles. The predicted octanol–water partition coefficient (Wildman–Crippen LogP) is -6.38. The number of Topliss-reactive ketones (excluding diaryl/α,β-unsaturated/α-hetero) is 1. The Morgan fingerprint density at radius 2 is 0.845 bits per heavy atom. The van der Waals surface area contributed by atoms with Gasteiger partial charge >= 0.3 is 0 Å². The Labute approximate surface area is 411 Å². The Kier molecular flexibility index (Phi) is 25.1. The second-order valence-electron chi connectivity index (χ2n) is 18.3. The van der Waals surface area contributed by atoms with E-state index in [1.54, 1.807) is 7.05 Å². The monoisotopic (exact) mass is 1040 g/mol. The van der Waals surface area contributed by atoms with Crippen molar-refractivity contribution in [3.63, 3.8) is 0 Å². The summed E-state index contributed by atoms with van der Waals surface area (Å²) < 4.78 is 58.3. The molecule has 5 rings (SSSR count). The van der Waals surface area contributed by atoms with Gasteiger partial charge in [-0.1, -0.05) is 20.3 Å². The van der Waals surface area contributed by atoms with Crippen LogP contribution in [0.1, 0.15) is 79.1 Å². The van der Waals surface area contributed by atoms with E-state index in [0.29, 0.717) is 57.8 Å². The highest BCUT2D eigenvalue weighted by atomic mass is 16.8. The van der Waals surface area contributed by atoms with Crippen molar-refractivity contribution in [2.75, 3.05) is 33.5 Å². The third-order valence-corrected chi connectivity index (χ3v) is 13.2. The summed E-state index contributed by atoms with van der Waals surface area (Å²) in [6.07, 6.45) is -39.2. The first-order chi connectivity index (χ1) is 33.3. The van der Waals surface area contributed by atoms with Crippen LogP contribution in [-0.4, -0.2) is 270 Å². The number of hydrogen-bond acceptors (Lipinski definition) is 26. The van der Waals surface area contributed by atoms with E-state index in [4.69, 9.17) is 47.4 Å². The minimum atomic E-state index is -2.13. The van der Waals surface area contributed by atoms with Gasteiger partial charge in [-0.05, 0) is 39.5 Å². The summed E-state index contributed by atoms with van der Waals surface area (Å²) in [4.78, 5) is 23.7. The van der Waals surface area contributed by atoms with Gasteiger partial charge in [0.1, 0.15) is 116 Å². The quantitative estimate of drug-likeness (QED) is 0.0400. The van der Waals surface area contributed by atoms with Crippen molar-refractivity contribution in [2.45, 2.75) is 233 Å². The van der Waals surface area contributed by atoms with E-state index in [0.717, 1.165) is 0 Å². The van der Waals surface area contributed by atoms with Crippen LogP contribution in [0, 0.1) is 0 Å². The van der Waals surface area contributed by atoms with Crippen molar-refractivity contribution in [2.24, 2.45) is 0 Å². The first-order valence-electron chi connectivity index (χ1n) is 23.8. The molecule has 0 spiro atoms. The molecule has 10 unspecified atom stereocenters. The Morgan fingerprint density at radius 1 is 0.423 bits per heavy atom. The van der Waals surface area contributed by atoms with Crippen LogP contribution in [0.5, 0.6) is 0 Å². The van der Waals surface area contributed by atoms with Gasteiger partial charge in [0.25, 0.3) is 0 Å². The summed E-state index contributed by atoms with van der Waals surface area (Å²) in [7, 11) is 1.55. The standard InChI is InChI=1S/C43H75NO26.CH4/c1-17-24(50)28(54)31(57)39(62-17)68-36-27(53)21(15-46)64-41(33(36)59)67-35-22(16-47)66-42(34(60)37(35)69-40-32(58)29(55)25(51)18(2)63-40)70-38-30(56)26(52)20(14-45)65-43(38)61-13-9-5-4-6-10-19(48)11-7-8-12-23(49)44-3;/h17-18,20-22,24-43,45-47,50-60H,4-16H2,1-3H3,(H,44,49);1H4/t17?,18?,20?,21?,22?,24-,25-,26+,27+,28?,29?,30-,31-,32-,33?,34?,35+,36-,37+,38?,39-,40-,41-,42+,43-;/m0./s1. The van der Waals surface area contributed by atoms with Gasteiger partial charge in [0.2, 0.25) is 5.91 Å². The molecule has 0 bridgehead atoms. The fourth-order valence-electron chi connectivity index (χ4n) is 8.84. The Bertz CT molecular complexity index is 1570. The highest BCUT2D eigenvalue weighted by Gasteiger charge is 2.57. The van der Waals surface area contributed by atoms with E-state index >= 15 is 0 Å². The van der Waals surface area contributed by atoms with Crippen LogP contribution in [0.15, 0.2) is 0 Å². The topological polar surface area (TPSA) is 422 Å². The Hall–Kier alpha value is -1.82. The SMILES string of the molecule is C.CNC(=O)CCCCC(=O)CCCCCCO[C@H]1OC(CO)[C@@H](O)[C@H](O)C1O[C@H]1OC(CO)[C@@H](O[C@@H]2OC(CO)[C@@H](O)[C@H](O[C@@H]3OC(C)[C@H](O)C(O)[C@@H]3O)C2O)[C@H](O[C@@H]2OC(C)[C@H](O)C(O)[C@@H]2O)C1O. The van der Waals surface area contributed by atoms with Crippen LogP contribution in [0.25, 0.3) is 0 Å². The lowest BCUT2D eigenvalue weighted by Crippen LogP contribution is -2.69. The average Bonchev–Trinajstić information content (AvgIpc) is 3.34. The zero-order valence-electron chi connectivity index (χ0n) is 39.3. The maximum Gasteiger partial charge on any atom is 0.219 e. The third-order valence-electron chi connectivity index (χ3n) is 13.2.